The number of amides is 2. The molecule has 1 unspecified atom stereocenters. The first-order valence-corrected chi connectivity index (χ1v) is 10.6. The van der Waals surface area contributed by atoms with Gasteiger partial charge in [-0.05, 0) is 43.0 Å². The van der Waals surface area contributed by atoms with Crippen LogP contribution in [-0.4, -0.2) is 43.1 Å². The van der Waals surface area contributed by atoms with Crippen molar-refractivity contribution in [3.63, 3.8) is 0 Å². The first-order chi connectivity index (χ1) is 15.0. The quantitative estimate of drug-likeness (QED) is 0.195. The van der Waals surface area contributed by atoms with Crippen molar-refractivity contribution >= 4 is 11.8 Å². The van der Waals surface area contributed by atoms with Gasteiger partial charge in [-0.25, -0.2) is 5.48 Å². The highest BCUT2D eigenvalue weighted by atomic mass is 16.7. The summed E-state index contributed by atoms with van der Waals surface area (Å²) in [5.41, 5.74) is 4.38. The van der Waals surface area contributed by atoms with Gasteiger partial charge in [0.05, 0.1) is 12.6 Å². The van der Waals surface area contributed by atoms with Gasteiger partial charge in [0.2, 0.25) is 5.91 Å². The van der Waals surface area contributed by atoms with Gasteiger partial charge in [0.15, 0.2) is 0 Å². The van der Waals surface area contributed by atoms with Gasteiger partial charge >= 0.3 is 0 Å². The lowest BCUT2D eigenvalue weighted by atomic mass is 10.0. The van der Waals surface area contributed by atoms with Crippen molar-refractivity contribution < 1.29 is 24.3 Å². The zero-order valence-electron chi connectivity index (χ0n) is 18.2. The molecule has 31 heavy (non-hydrogen) atoms. The number of hydroxylamine groups is 1. The van der Waals surface area contributed by atoms with Crippen molar-refractivity contribution in [3.8, 4) is 11.1 Å². The summed E-state index contributed by atoms with van der Waals surface area (Å²) in [5, 5.41) is 11.7. The fourth-order valence-electron chi connectivity index (χ4n) is 3.15. The molecule has 0 aliphatic carbocycles. The minimum atomic E-state index is -0.410. The monoisotopic (exact) mass is 428 g/mol. The van der Waals surface area contributed by atoms with E-state index in [4.69, 9.17) is 14.7 Å². The van der Waals surface area contributed by atoms with Crippen LogP contribution in [0.1, 0.15) is 43.5 Å². The summed E-state index contributed by atoms with van der Waals surface area (Å²) in [6.07, 6.45) is 1.93. The molecule has 2 rings (SSSR count). The number of carbonyl (C=O) groups is 2. The van der Waals surface area contributed by atoms with Crippen LogP contribution in [0, 0.1) is 5.92 Å². The molecule has 3 N–H and O–H groups in total. The highest BCUT2D eigenvalue weighted by Crippen LogP contribution is 2.19. The smallest absolute Gasteiger partial charge is 0.251 e. The molecule has 168 valence electrons. The van der Waals surface area contributed by atoms with Crippen LogP contribution in [0.4, 0.5) is 0 Å². The predicted octanol–water partition coefficient (Wildman–Crippen LogP) is 3.77. The van der Waals surface area contributed by atoms with Crippen LogP contribution in [0.3, 0.4) is 0 Å². The average Bonchev–Trinajstić information content (AvgIpc) is 2.81. The first kappa shape index (κ1) is 24.5. The Morgan fingerprint density at radius 3 is 2.29 bits per heavy atom. The van der Waals surface area contributed by atoms with Gasteiger partial charge in [0.25, 0.3) is 5.91 Å². The number of carbonyl (C=O) groups excluding carboxylic acids is 2. The van der Waals surface area contributed by atoms with Crippen LogP contribution in [-0.2, 0) is 14.3 Å². The van der Waals surface area contributed by atoms with E-state index in [1.165, 1.54) is 0 Å². The summed E-state index contributed by atoms with van der Waals surface area (Å²) in [5.74, 6) is -0.895. The molecule has 0 spiro atoms. The van der Waals surface area contributed by atoms with Crippen LogP contribution >= 0.6 is 0 Å². The van der Waals surface area contributed by atoms with Gasteiger partial charge in [0, 0.05) is 18.1 Å². The molecule has 0 bridgehead atoms. The third-order valence-electron chi connectivity index (χ3n) is 5.03. The lowest BCUT2D eigenvalue weighted by molar-refractivity contribution is -0.133. The van der Waals surface area contributed by atoms with Gasteiger partial charge in [0.1, 0.15) is 6.79 Å². The van der Waals surface area contributed by atoms with E-state index >= 15 is 0 Å². The second kappa shape index (κ2) is 13.5. The molecule has 0 aromatic heterocycles. The van der Waals surface area contributed by atoms with E-state index in [0.29, 0.717) is 38.0 Å². The van der Waals surface area contributed by atoms with E-state index in [9.17, 15) is 9.59 Å². The normalized spacial score (nSPS) is 12.7. The van der Waals surface area contributed by atoms with E-state index in [0.717, 1.165) is 11.1 Å². The maximum absolute atomic E-state index is 12.7. The number of nitrogens with one attached hydrogen (secondary N) is 2. The van der Waals surface area contributed by atoms with Crippen LogP contribution in [0.25, 0.3) is 11.1 Å². The SMILES string of the molecule is CCOCOC[C@H](CCCC(C)C(=O)NO)NC(=O)c1ccc(-c2ccccc2)cc1. The molecule has 0 fully saturated rings. The number of hydrogen-bond acceptors (Lipinski definition) is 5. The Bertz CT molecular complexity index is 795. The van der Waals surface area contributed by atoms with E-state index in [2.05, 4.69) is 5.32 Å². The lowest BCUT2D eigenvalue weighted by Crippen LogP contribution is -2.38. The Labute approximate surface area is 183 Å². The van der Waals surface area contributed by atoms with Crippen LogP contribution in [0.5, 0.6) is 0 Å². The zero-order valence-corrected chi connectivity index (χ0v) is 18.2. The summed E-state index contributed by atoms with van der Waals surface area (Å²) in [4.78, 5) is 24.2. The highest BCUT2D eigenvalue weighted by Gasteiger charge is 2.17. The van der Waals surface area contributed by atoms with Crippen molar-refractivity contribution in [3.05, 3.63) is 60.2 Å². The van der Waals surface area contributed by atoms with Gasteiger partial charge in [-0.15, -0.1) is 0 Å². The van der Waals surface area contributed by atoms with E-state index in [1.54, 1.807) is 12.4 Å². The highest BCUT2D eigenvalue weighted by molar-refractivity contribution is 5.94. The van der Waals surface area contributed by atoms with Crippen LogP contribution in [0.2, 0.25) is 0 Å². The minimum Gasteiger partial charge on any atom is -0.356 e. The number of hydrogen-bond donors (Lipinski definition) is 3. The van der Waals surface area contributed by atoms with Crippen LogP contribution in [0.15, 0.2) is 54.6 Å². The molecular formula is C24H32N2O5. The molecular weight excluding hydrogens is 396 g/mol. The number of ether oxygens (including phenoxy) is 2. The van der Waals surface area contributed by atoms with E-state index in [-0.39, 0.29) is 24.7 Å². The summed E-state index contributed by atoms with van der Waals surface area (Å²) in [6.45, 7) is 4.67. The summed E-state index contributed by atoms with van der Waals surface area (Å²) in [7, 11) is 0. The molecule has 0 aliphatic heterocycles. The third kappa shape index (κ3) is 8.49. The molecule has 7 nitrogen and oxygen atoms in total. The topological polar surface area (TPSA) is 96.9 Å². The number of benzene rings is 2. The van der Waals surface area contributed by atoms with Crippen molar-refractivity contribution in [2.24, 2.45) is 5.92 Å². The molecule has 0 saturated carbocycles. The number of rotatable bonds is 13. The second-order valence-electron chi connectivity index (χ2n) is 7.40. The van der Waals surface area contributed by atoms with Crippen molar-refractivity contribution in [2.75, 3.05) is 20.0 Å². The zero-order chi connectivity index (χ0) is 22.5. The third-order valence-corrected chi connectivity index (χ3v) is 5.03. The van der Waals surface area contributed by atoms with Gasteiger partial charge in [-0.1, -0.05) is 55.8 Å². The molecule has 2 amide bonds. The Hall–Kier alpha value is -2.74. The predicted molar refractivity (Wildman–Crippen MR) is 119 cm³/mol. The fourth-order valence-corrected chi connectivity index (χ4v) is 3.15. The van der Waals surface area contributed by atoms with Gasteiger partial charge in [-0.3, -0.25) is 14.8 Å². The van der Waals surface area contributed by atoms with E-state index in [1.807, 2.05) is 61.5 Å². The molecule has 0 radical (unpaired) electrons. The standard InChI is InChI=1S/C24H32N2O5/c1-3-30-17-31-16-22(11-7-8-18(2)23(27)26-29)25-24(28)21-14-12-20(13-15-21)19-9-5-4-6-10-19/h4-6,9-10,12-15,18,22,29H,3,7-8,11,16-17H2,1-2H3,(H,25,28)(H,26,27)/t18?,22-/m0/s1. The summed E-state index contributed by atoms with van der Waals surface area (Å²) < 4.78 is 10.7. The summed E-state index contributed by atoms with van der Waals surface area (Å²) >= 11 is 0. The van der Waals surface area contributed by atoms with Gasteiger partial charge in [-0.2, -0.15) is 0 Å². The first-order valence-electron chi connectivity index (χ1n) is 10.6. The van der Waals surface area contributed by atoms with Crippen LogP contribution < -0.4 is 10.8 Å². The van der Waals surface area contributed by atoms with E-state index < -0.39 is 5.91 Å². The van der Waals surface area contributed by atoms with Gasteiger partial charge < -0.3 is 14.8 Å². The lowest BCUT2D eigenvalue weighted by Gasteiger charge is -2.20. The Balaban J connectivity index is 1.94. The second-order valence-corrected chi connectivity index (χ2v) is 7.40. The molecule has 0 heterocycles. The van der Waals surface area contributed by atoms with Crippen molar-refractivity contribution in [1.29, 1.82) is 0 Å². The largest absolute Gasteiger partial charge is 0.356 e. The molecule has 7 heteroatoms. The molecule has 2 aromatic carbocycles. The Morgan fingerprint density at radius 1 is 0.968 bits per heavy atom. The molecule has 2 atom stereocenters. The van der Waals surface area contributed by atoms with Crippen molar-refractivity contribution in [1.82, 2.24) is 10.8 Å². The molecule has 0 aliphatic rings. The Kier molecular flexibility index (Phi) is 10.7. The maximum atomic E-state index is 12.7. The minimum absolute atomic E-state index is 0.165. The molecule has 2 aromatic rings. The molecule has 0 saturated heterocycles. The summed E-state index contributed by atoms with van der Waals surface area (Å²) in [6, 6.07) is 17.2. The Morgan fingerprint density at radius 2 is 1.65 bits per heavy atom. The average molecular weight is 429 g/mol. The fraction of sp³-hybridized carbons (Fsp3) is 0.417. The van der Waals surface area contributed by atoms with Crippen molar-refractivity contribution in [2.45, 2.75) is 39.2 Å². The maximum Gasteiger partial charge on any atom is 0.251 e.